The van der Waals surface area contributed by atoms with Crippen molar-refractivity contribution < 1.29 is 9.15 Å². The van der Waals surface area contributed by atoms with Crippen LogP contribution in [0.1, 0.15) is 44.3 Å². The third-order valence-corrected chi connectivity index (χ3v) is 3.54. The number of aromatic nitrogens is 4. The molecule has 2 aromatic heterocycles. The first-order chi connectivity index (χ1) is 8.74. The molecule has 0 amide bonds. The lowest BCUT2D eigenvalue weighted by atomic mass is 9.83. The van der Waals surface area contributed by atoms with E-state index in [1.165, 1.54) is 12.8 Å². The van der Waals surface area contributed by atoms with Crippen LogP contribution < -0.4 is 5.73 Å². The van der Waals surface area contributed by atoms with E-state index in [2.05, 4.69) is 32.0 Å². The van der Waals surface area contributed by atoms with Gasteiger partial charge >= 0.3 is 0 Å². The molecule has 7 heteroatoms. The van der Waals surface area contributed by atoms with Crippen LogP contribution in [-0.4, -0.2) is 20.5 Å². The van der Waals surface area contributed by atoms with Crippen molar-refractivity contribution in [2.45, 2.75) is 38.5 Å². The summed E-state index contributed by atoms with van der Waals surface area (Å²) in [6, 6.07) is 0. The molecule has 0 spiro atoms. The summed E-state index contributed by atoms with van der Waals surface area (Å²) in [6.07, 6.45) is 4.63. The van der Waals surface area contributed by atoms with Crippen molar-refractivity contribution in [1.29, 1.82) is 0 Å². The molecule has 0 aliphatic heterocycles. The summed E-state index contributed by atoms with van der Waals surface area (Å²) in [4.78, 5) is 4.34. The molecule has 0 unspecified atom stereocenters. The Bertz CT molecular complexity index is 527. The lowest BCUT2D eigenvalue weighted by Crippen LogP contribution is -2.11. The van der Waals surface area contributed by atoms with E-state index in [4.69, 9.17) is 10.3 Å². The van der Waals surface area contributed by atoms with Crippen molar-refractivity contribution in [3.8, 4) is 11.6 Å². The number of nitrogens with two attached hydrogens (primary N) is 1. The zero-order chi connectivity index (χ0) is 12.5. The molecule has 1 fully saturated rings. The van der Waals surface area contributed by atoms with E-state index in [1.54, 1.807) is 0 Å². The Labute approximate surface area is 104 Å². The van der Waals surface area contributed by atoms with Crippen LogP contribution in [-0.2, 0) is 0 Å². The van der Waals surface area contributed by atoms with Gasteiger partial charge < -0.3 is 10.3 Å². The van der Waals surface area contributed by atoms with E-state index in [1.807, 2.05) is 0 Å². The summed E-state index contributed by atoms with van der Waals surface area (Å²) in [6.45, 7) is 2.28. The number of hydrogen-bond donors (Lipinski definition) is 1. The summed E-state index contributed by atoms with van der Waals surface area (Å²) in [5, 5.41) is 11.1. The minimum Gasteiger partial charge on any atom is -0.379 e. The Morgan fingerprint density at radius 3 is 2.56 bits per heavy atom. The molecule has 2 heterocycles. The van der Waals surface area contributed by atoms with Crippen molar-refractivity contribution in [2.75, 3.05) is 5.73 Å². The molecule has 96 valence electrons. The van der Waals surface area contributed by atoms with Gasteiger partial charge in [-0.15, -0.1) is 0 Å². The monoisotopic (exact) mass is 249 g/mol. The summed E-state index contributed by atoms with van der Waals surface area (Å²) in [5.74, 6) is 2.35. The Kier molecular flexibility index (Phi) is 2.73. The van der Waals surface area contributed by atoms with Gasteiger partial charge in [-0.25, -0.2) is 4.63 Å². The smallest absolute Gasteiger partial charge is 0.284 e. The third kappa shape index (κ3) is 1.96. The predicted molar refractivity (Wildman–Crippen MR) is 62.4 cm³/mol. The van der Waals surface area contributed by atoms with Gasteiger partial charge in [0.05, 0.1) is 0 Å². The molecule has 0 bridgehead atoms. The van der Waals surface area contributed by atoms with E-state index in [0.29, 0.717) is 11.6 Å². The molecule has 1 aliphatic rings. The summed E-state index contributed by atoms with van der Waals surface area (Å²) in [7, 11) is 0. The second-order valence-corrected chi connectivity index (χ2v) is 4.91. The number of nitrogen functional groups attached to an aromatic ring is 1. The molecule has 0 radical (unpaired) electrons. The van der Waals surface area contributed by atoms with Crippen LogP contribution in [0.25, 0.3) is 11.6 Å². The largest absolute Gasteiger partial charge is 0.379 e. The quantitative estimate of drug-likeness (QED) is 0.867. The molecule has 0 atom stereocenters. The van der Waals surface area contributed by atoms with Gasteiger partial charge in [-0.05, 0) is 29.1 Å². The van der Waals surface area contributed by atoms with E-state index in [0.717, 1.165) is 24.6 Å². The van der Waals surface area contributed by atoms with Gasteiger partial charge in [0.25, 0.3) is 5.89 Å². The average molecular weight is 249 g/mol. The molecule has 0 aromatic carbocycles. The zero-order valence-electron chi connectivity index (χ0n) is 10.2. The van der Waals surface area contributed by atoms with Gasteiger partial charge in [0.1, 0.15) is 0 Å². The molecular formula is C11H15N5O2. The van der Waals surface area contributed by atoms with Crippen LogP contribution >= 0.6 is 0 Å². The standard InChI is InChI=1S/C11H15N5O2/c1-6-2-4-7(5-3-6)10-13-11(17-16-10)8-9(12)15-18-14-8/h6-7H,2-5H2,1H3,(H2,12,15). The van der Waals surface area contributed by atoms with Crippen molar-refractivity contribution in [3.05, 3.63) is 5.82 Å². The molecule has 1 aliphatic carbocycles. The maximum Gasteiger partial charge on any atom is 0.284 e. The van der Waals surface area contributed by atoms with Gasteiger partial charge in [0, 0.05) is 5.92 Å². The number of rotatable bonds is 2. The van der Waals surface area contributed by atoms with Gasteiger partial charge in [0.15, 0.2) is 5.82 Å². The fourth-order valence-corrected chi connectivity index (χ4v) is 2.36. The molecule has 2 aromatic rings. The fourth-order valence-electron chi connectivity index (χ4n) is 2.36. The second-order valence-electron chi connectivity index (χ2n) is 4.91. The minimum atomic E-state index is 0.169. The fraction of sp³-hybridized carbons (Fsp3) is 0.636. The van der Waals surface area contributed by atoms with Crippen LogP contribution in [0, 0.1) is 5.92 Å². The van der Waals surface area contributed by atoms with Crippen LogP contribution in [0.5, 0.6) is 0 Å². The Balaban J connectivity index is 1.80. The number of anilines is 1. The SMILES string of the molecule is CC1CCC(c2noc(-c3nonc3N)n2)CC1. The zero-order valence-corrected chi connectivity index (χ0v) is 10.2. The normalized spacial score (nSPS) is 24.3. The average Bonchev–Trinajstić information content (AvgIpc) is 2.98. The first-order valence-corrected chi connectivity index (χ1v) is 6.16. The van der Waals surface area contributed by atoms with E-state index >= 15 is 0 Å². The molecule has 2 N–H and O–H groups in total. The van der Waals surface area contributed by atoms with Crippen LogP contribution in [0.2, 0.25) is 0 Å². The summed E-state index contributed by atoms with van der Waals surface area (Å²) >= 11 is 0. The molecule has 18 heavy (non-hydrogen) atoms. The van der Waals surface area contributed by atoms with Crippen molar-refractivity contribution in [2.24, 2.45) is 5.92 Å². The molecule has 3 rings (SSSR count). The highest BCUT2D eigenvalue weighted by atomic mass is 16.6. The molecule has 1 saturated carbocycles. The highest BCUT2D eigenvalue weighted by Gasteiger charge is 2.25. The Morgan fingerprint density at radius 2 is 1.89 bits per heavy atom. The van der Waals surface area contributed by atoms with Crippen molar-refractivity contribution in [3.63, 3.8) is 0 Å². The first kappa shape index (κ1) is 11.2. The van der Waals surface area contributed by atoms with Gasteiger partial charge in [-0.1, -0.05) is 24.9 Å². The van der Waals surface area contributed by atoms with E-state index in [9.17, 15) is 0 Å². The topological polar surface area (TPSA) is 104 Å². The van der Waals surface area contributed by atoms with Crippen LogP contribution in [0.4, 0.5) is 5.82 Å². The maximum absolute atomic E-state index is 5.58. The van der Waals surface area contributed by atoms with Gasteiger partial charge in [-0.3, -0.25) is 0 Å². The Morgan fingerprint density at radius 1 is 1.11 bits per heavy atom. The lowest BCUT2D eigenvalue weighted by molar-refractivity contribution is 0.308. The number of nitrogens with zero attached hydrogens (tertiary/aromatic N) is 4. The number of hydrogen-bond acceptors (Lipinski definition) is 7. The van der Waals surface area contributed by atoms with Gasteiger partial charge in [-0.2, -0.15) is 4.98 Å². The van der Waals surface area contributed by atoms with Crippen molar-refractivity contribution in [1.82, 2.24) is 20.5 Å². The lowest BCUT2D eigenvalue weighted by Gasteiger charge is -2.23. The summed E-state index contributed by atoms with van der Waals surface area (Å²) in [5.41, 5.74) is 5.90. The highest BCUT2D eigenvalue weighted by molar-refractivity contribution is 5.60. The summed E-state index contributed by atoms with van der Waals surface area (Å²) < 4.78 is 9.68. The van der Waals surface area contributed by atoms with Gasteiger partial charge in [0.2, 0.25) is 11.5 Å². The van der Waals surface area contributed by atoms with E-state index < -0.39 is 0 Å². The van der Waals surface area contributed by atoms with Crippen LogP contribution in [0.3, 0.4) is 0 Å². The highest BCUT2D eigenvalue weighted by Crippen LogP contribution is 2.34. The Hall–Kier alpha value is -1.92. The molecule has 0 saturated heterocycles. The third-order valence-electron chi connectivity index (χ3n) is 3.54. The molecule has 7 nitrogen and oxygen atoms in total. The minimum absolute atomic E-state index is 0.169. The predicted octanol–water partition coefficient (Wildman–Crippen LogP) is 2.00. The maximum atomic E-state index is 5.58. The first-order valence-electron chi connectivity index (χ1n) is 6.16. The second kappa shape index (κ2) is 4.40. The molecular weight excluding hydrogens is 234 g/mol. The van der Waals surface area contributed by atoms with E-state index in [-0.39, 0.29) is 11.7 Å². The van der Waals surface area contributed by atoms with Crippen LogP contribution in [0.15, 0.2) is 9.15 Å². The van der Waals surface area contributed by atoms with Crippen molar-refractivity contribution >= 4 is 5.82 Å².